The molecule has 7 nitrogen and oxygen atoms in total. The quantitative estimate of drug-likeness (QED) is 0.619. The van der Waals surface area contributed by atoms with Crippen LogP contribution in [0.15, 0.2) is 52.2 Å². The molecule has 0 aliphatic carbocycles. The highest BCUT2D eigenvalue weighted by Gasteiger charge is 2.21. The summed E-state index contributed by atoms with van der Waals surface area (Å²) in [7, 11) is -2.30. The van der Waals surface area contributed by atoms with Gasteiger partial charge in [-0.1, -0.05) is 12.1 Å². The van der Waals surface area contributed by atoms with Crippen molar-refractivity contribution in [2.24, 2.45) is 0 Å². The minimum Gasteiger partial charge on any atom is -0.482 e. The van der Waals surface area contributed by atoms with Crippen LogP contribution in [0.3, 0.4) is 0 Å². The Morgan fingerprint density at radius 3 is 2.77 bits per heavy atom. The molecule has 0 fully saturated rings. The molecule has 0 amide bonds. The zero-order chi connectivity index (χ0) is 18.7. The summed E-state index contributed by atoms with van der Waals surface area (Å²) in [5.74, 6) is 0. The van der Waals surface area contributed by atoms with E-state index in [1.807, 2.05) is 19.1 Å². The van der Waals surface area contributed by atoms with Gasteiger partial charge < -0.3 is 18.5 Å². The van der Waals surface area contributed by atoms with Gasteiger partial charge in [-0.05, 0) is 43.4 Å². The largest absolute Gasteiger partial charge is 0.482 e. The second-order valence-corrected chi connectivity index (χ2v) is 7.36. The van der Waals surface area contributed by atoms with E-state index in [-0.39, 0.29) is 11.8 Å². The van der Waals surface area contributed by atoms with E-state index in [9.17, 15) is 8.42 Å². The third-order valence-corrected chi connectivity index (χ3v) is 5.24. The highest BCUT2D eigenvalue weighted by Crippen LogP contribution is 2.30. The molecule has 3 aromatic rings. The molecular weight excluding hydrogens is 376 g/mol. The van der Waals surface area contributed by atoms with Crippen molar-refractivity contribution < 1.29 is 22.3 Å². The third kappa shape index (κ3) is 3.46. The summed E-state index contributed by atoms with van der Waals surface area (Å²) in [6.07, 6.45) is 1.31. The van der Waals surface area contributed by atoms with Crippen LogP contribution in [0.2, 0.25) is 0 Å². The Hall–Kier alpha value is -2.36. The first-order valence-corrected chi connectivity index (χ1v) is 9.71. The topological polar surface area (TPSA) is 82.7 Å². The summed E-state index contributed by atoms with van der Waals surface area (Å²) in [4.78, 5) is 0. The lowest BCUT2D eigenvalue weighted by Gasteiger charge is -2.13. The molecule has 138 valence electrons. The fraction of sp³-hybridized carbons (Fsp3) is 0.235. The first-order valence-electron chi connectivity index (χ1n) is 7.82. The number of furan rings is 1. The van der Waals surface area contributed by atoms with Crippen molar-refractivity contribution in [1.29, 1.82) is 0 Å². The average Bonchev–Trinajstić information content (AvgIpc) is 3.24. The van der Waals surface area contributed by atoms with Crippen molar-refractivity contribution in [3.8, 4) is 0 Å². The van der Waals surface area contributed by atoms with E-state index in [2.05, 4.69) is 4.72 Å². The molecule has 0 unspecified atom stereocenters. The summed E-state index contributed by atoms with van der Waals surface area (Å²) in [5.41, 5.74) is 1.67. The number of ether oxygens (including phenoxy) is 2. The highest BCUT2D eigenvalue weighted by atomic mass is 32.2. The number of anilines is 1. The van der Waals surface area contributed by atoms with Gasteiger partial charge in [0.2, 0.25) is 10.1 Å². The van der Waals surface area contributed by atoms with Gasteiger partial charge in [0.05, 0.1) is 29.8 Å². The van der Waals surface area contributed by atoms with Crippen molar-refractivity contribution in [3.63, 3.8) is 0 Å². The van der Waals surface area contributed by atoms with Gasteiger partial charge in [-0.2, -0.15) is 8.42 Å². The maximum atomic E-state index is 12.5. The van der Waals surface area contributed by atoms with Crippen molar-refractivity contribution in [2.45, 2.75) is 18.7 Å². The van der Waals surface area contributed by atoms with E-state index in [1.54, 1.807) is 23.8 Å². The number of benzene rings is 1. The number of aromatic nitrogens is 1. The smallest absolute Gasteiger partial charge is 0.295 e. The maximum absolute atomic E-state index is 12.5. The Kier molecular flexibility index (Phi) is 5.30. The van der Waals surface area contributed by atoms with Gasteiger partial charge in [-0.15, -0.1) is 0 Å². The van der Waals surface area contributed by atoms with E-state index < -0.39 is 10.0 Å². The minimum atomic E-state index is -3.85. The van der Waals surface area contributed by atoms with Crippen LogP contribution >= 0.6 is 12.2 Å². The second-order valence-electron chi connectivity index (χ2n) is 5.38. The fourth-order valence-electron chi connectivity index (χ4n) is 2.66. The molecule has 0 radical (unpaired) electrons. The van der Waals surface area contributed by atoms with Crippen LogP contribution in [0.1, 0.15) is 12.6 Å². The molecule has 0 saturated carbocycles. The van der Waals surface area contributed by atoms with Crippen molar-refractivity contribution in [1.82, 2.24) is 4.57 Å². The minimum absolute atomic E-state index is 0.163. The molecule has 0 bridgehead atoms. The first-order chi connectivity index (χ1) is 12.5. The Morgan fingerprint density at radius 1 is 1.31 bits per heavy atom. The molecule has 0 aliphatic rings. The Labute approximate surface area is 156 Å². The summed E-state index contributed by atoms with van der Waals surface area (Å²) < 4.78 is 45.1. The van der Waals surface area contributed by atoms with Gasteiger partial charge in [0.25, 0.3) is 10.0 Å². The van der Waals surface area contributed by atoms with Crippen molar-refractivity contribution in [3.05, 3.63) is 48.4 Å². The van der Waals surface area contributed by atoms with Crippen molar-refractivity contribution >= 4 is 43.9 Å². The Balaban J connectivity index is 2.13. The van der Waals surface area contributed by atoms with Crippen LogP contribution in [-0.2, 0) is 26.2 Å². The monoisotopic (exact) mass is 394 g/mol. The molecule has 9 heteroatoms. The summed E-state index contributed by atoms with van der Waals surface area (Å²) in [6.45, 7) is 2.47. The molecular formula is C17H18N2O5S2. The lowest BCUT2D eigenvalue weighted by molar-refractivity contribution is 0.134. The number of rotatable bonds is 7. The molecule has 0 saturated heterocycles. The number of hydrogen-bond donors (Lipinski definition) is 1. The zero-order valence-corrected chi connectivity index (χ0v) is 15.9. The number of nitrogens with zero attached hydrogens (tertiary/aromatic N) is 1. The Bertz CT molecular complexity index is 1020. The number of methoxy groups -OCH3 is 1. The fourth-order valence-corrected chi connectivity index (χ4v) is 3.94. The zero-order valence-electron chi connectivity index (χ0n) is 14.3. The number of fused-ring (bicyclic) bond motifs is 1. The molecule has 0 atom stereocenters. The van der Waals surface area contributed by atoms with Gasteiger partial charge in [0.1, 0.15) is 6.73 Å². The van der Waals surface area contributed by atoms with Gasteiger partial charge in [-0.3, -0.25) is 4.72 Å². The summed E-state index contributed by atoms with van der Waals surface area (Å²) in [6, 6.07) is 10.0. The Morgan fingerprint density at radius 2 is 2.12 bits per heavy atom. The van der Waals surface area contributed by atoms with Crippen LogP contribution in [0.25, 0.3) is 10.9 Å². The van der Waals surface area contributed by atoms with E-state index in [0.717, 1.165) is 5.39 Å². The number of para-hydroxylation sites is 1. The number of hydrogen-bond acceptors (Lipinski definition) is 6. The lowest BCUT2D eigenvalue weighted by atomic mass is 10.2. The predicted octanol–water partition coefficient (Wildman–Crippen LogP) is 3.35. The lowest BCUT2D eigenvalue weighted by Crippen LogP contribution is -2.15. The van der Waals surface area contributed by atoms with Gasteiger partial charge in [0, 0.05) is 12.5 Å². The van der Waals surface area contributed by atoms with E-state index in [4.69, 9.17) is 26.1 Å². The molecule has 2 aromatic heterocycles. The van der Waals surface area contributed by atoms with Gasteiger partial charge in [-0.25, -0.2) is 0 Å². The molecule has 1 N–H and O–H groups in total. The van der Waals surface area contributed by atoms with Crippen LogP contribution in [0, 0.1) is 0 Å². The molecule has 3 rings (SSSR count). The molecule has 0 aliphatic heterocycles. The normalized spacial score (nSPS) is 11.6. The van der Waals surface area contributed by atoms with Crippen LogP contribution in [0.5, 0.6) is 0 Å². The molecule has 26 heavy (non-hydrogen) atoms. The van der Waals surface area contributed by atoms with Crippen LogP contribution in [0.4, 0.5) is 5.69 Å². The van der Waals surface area contributed by atoms with Gasteiger partial charge >= 0.3 is 0 Å². The van der Waals surface area contributed by atoms with E-state index in [1.165, 1.54) is 18.4 Å². The standard InChI is InChI=1S/C17H18N2O5S2/c1-3-23-17(25)14-10-12-6-4-7-13(16(12)19(14)11-22-2)18-26(20,21)15-8-5-9-24-15/h4-10,18H,3,11H2,1-2H3. The highest BCUT2D eigenvalue weighted by molar-refractivity contribution is 7.92. The average molecular weight is 394 g/mol. The number of sulfonamides is 1. The summed E-state index contributed by atoms with van der Waals surface area (Å²) in [5, 5.41) is 0.962. The number of thiocarbonyl (C=S) groups is 1. The first kappa shape index (κ1) is 18.4. The summed E-state index contributed by atoms with van der Waals surface area (Å²) >= 11 is 5.33. The van der Waals surface area contributed by atoms with Crippen molar-refractivity contribution in [2.75, 3.05) is 18.4 Å². The van der Waals surface area contributed by atoms with Crippen LogP contribution in [-0.4, -0.2) is 31.8 Å². The molecule has 2 heterocycles. The van der Waals surface area contributed by atoms with Gasteiger partial charge in [0.15, 0.2) is 0 Å². The SMILES string of the molecule is CCOC(=S)c1cc2cccc(NS(=O)(=O)c3ccco3)c2n1COC. The molecule has 1 aromatic carbocycles. The number of nitrogens with one attached hydrogen (secondary N) is 1. The third-order valence-electron chi connectivity index (χ3n) is 3.67. The van der Waals surface area contributed by atoms with E-state index in [0.29, 0.717) is 28.6 Å². The second kappa shape index (κ2) is 7.48. The van der Waals surface area contributed by atoms with Crippen LogP contribution < -0.4 is 4.72 Å². The molecule has 0 spiro atoms. The predicted molar refractivity (Wildman–Crippen MR) is 102 cm³/mol. The van der Waals surface area contributed by atoms with E-state index >= 15 is 0 Å². The maximum Gasteiger partial charge on any atom is 0.295 e.